The Labute approximate surface area is 161 Å². The van der Waals surface area contributed by atoms with Crippen LogP contribution in [0.5, 0.6) is 0 Å². The predicted octanol–water partition coefficient (Wildman–Crippen LogP) is 2.42. The highest BCUT2D eigenvalue weighted by Crippen LogP contribution is 2.27. The second kappa shape index (κ2) is 8.66. The van der Waals surface area contributed by atoms with Crippen LogP contribution in [0.15, 0.2) is 48.5 Å². The third-order valence-corrected chi connectivity index (χ3v) is 4.33. The van der Waals surface area contributed by atoms with Crippen molar-refractivity contribution in [2.45, 2.75) is 13.0 Å². The molecule has 0 saturated heterocycles. The zero-order valence-electron chi connectivity index (χ0n) is 14.8. The summed E-state index contributed by atoms with van der Waals surface area (Å²) >= 11 is 5.91. The Bertz CT molecular complexity index is 856. The Hall–Kier alpha value is -2.90. The van der Waals surface area contributed by atoms with Gasteiger partial charge in [-0.05, 0) is 31.2 Å². The maximum atomic E-state index is 12.6. The molecule has 142 valence electrons. The minimum absolute atomic E-state index is 0.0189. The fourth-order valence-electron chi connectivity index (χ4n) is 2.63. The molecule has 2 N–H and O–H groups in total. The van der Waals surface area contributed by atoms with Crippen molar-refractivity contribution < 1.29 is 24.6 Å². The smallest absolute Gasteiger partial charge is 0.339 e. The Morgan fingerprint density at radius 1 is 1.04 bits per heavy atom. The summed E-state index contributed by atoms with van der Waals surface area (Å²) in [5, 5.41) is 19.6. The monoisotopic (exact) mass is 390 g/mol. The molecule has 0 fully saturated rings. The molecule has 2 rings (SSSR count). The lowest BCUT2D eigenvalue weighted by atomic mass is 10.1. The Morgan fingerprint density at radius 2 is 1.67 bits per heavy atom. The molecule has 0 aliphatic carbocycles. The normalized spacial score (nSPS) is 11.6. The molecule has 0 radical (unpaired) electrons. The Kier molecular flexibility index (Phi) is 6.55. The van der Waals surface area contributed by atoms with Crippen LogP contribution in [0.4, 0.5) is 11.4 Å². The number of hydrogen-bond acceptors (Lipinski definition) is 4. The molecule has 0 saturated carbocycles. The molecular weight excluding hydrogens is 372 g/mol. The van der Waals surface area contributed by atoms with Crippen LogP contribution in [-0.2, 0) is 9.59 Å². The Morgan fingerprint density at radius 3 is 2.22 bits per heavy atom. The molecule has 7 nitrogen and oxygen atoms in total. The van der Waals surface area contributed by atoms with Crippen molar-refractivity contribution in [3.63, 3.8) is 0 Å². The fourth-order valence-corrected chi connectivity index (χ4v) is 2.88. The van der Waals surface area contributed by atoms with E-state index in [4.69, 9.17) is 11.6 Å². The third-order valence-electron chi connectivity index (χ3n) is 4.02. The molecule has 0 spiro atoms. The van der Waals surface area contributed by atoms with Gasteiger partial charge in [-0.2, -0.15) is 0 Å². The molecule has 1 unspecified atom stereocenters. The van der Waals surface area contributed by atoms with E-state index in [2.05, 4.69) is 0 Å². The topological polar surface area (TPSA) is 98.2 Å². The van der Waals surface area contributed by atoms with E-state index in [0.29, 0.717) is 5.69 Å². The quantitative estimate of drug-likeness (QED) is 0.738. The van der Waals surface area contributed by atoms with E-state index in [-0.39, 0.29) is 22.8 Å². The van der Waals surface area contributed by atoms with Gasteiger partial charge in [0.1, 0.15) is 5.56 Å². The first-order valence-corrected chi connectivity index (χ1v) is 8.51. The number of carbonyl (C=O) groups is 3. The summed E-state index contributed by atoms with van der Waals surface area (Å²) in [5.74, 6) is -3.09. The van der Waals surface area contributed by atoms with Gasteiger partial charge in [-0.15, -0.1) is 0 Å². The highest BCUT2D eigenvalue weighted by atomic mass is 35.5. The number of halogens is 1. The van der Waals surface area contributed by atoms with Gasteiger partial charge in [0.2, 0.25) is 6.10 Å². The summed E-state index contributed by atoms with van der Waals surface area (Å²) in [6.07, 6.45) is -1.99. The molecule has 0 heterocycles. The summed E-state index contributed by atoms with van der Waals surface area (Å²) < 4.78 is 0. The maximum Gasteiger partial charge on any atom is 0.339 e. The number of rotatable bonds is 6. The molecule has 0 aliphatic rings. The van der Waals surface area contributed by atoms with Crippen LogP contribution in [-0.4, -0.2) is 47.7 Å². The highest BCUT2D eigenvalue weighted by molar-refractivity contribution is 6.34. The number of carboxylic acid groups (broad SMARTS) is 1. The summed E-state index contributed by atoms with van der Waals surface area (Å²) in [6, 6.07) is 12.8. The largest absolute Gasteiger partial charge is 0.478 e. The lowest BCUT2D eigenvalue weighted by Crippen LogP contribution is -2.48. The van der Waals surface area contributed by atoms with Crippen LogP contribution in [0.25, 0.3) is 0 Å². The van der Waals surface area contributed by atoms with Crippen molar-refractivity contribution in [2.24, 2.45) is 0 Å². The van der Waals surface area contributed by atoms with E-state index in [0.717, 1.165) is 4.90 Å². The number of aliphatic hydroxyl groups is 1. The SMILES string of the molecule is CCN(C(=O)C(O)C(=O)N(C)c1cccc(Cl)c1C(=O)O)c1ccccc1. The Balaban J connectivity index is 2.30. The van der Waals surface area contributed by atoms with E-state index in [9.17, 15) is 24.6 Å². The number of amides is 2. The second-order valence-corrected chi connectivity index (χ2v) is 6.06. The maximum absolute atomic E-state index is 12.6. The first kappa shape index (κ1) is 20.4. The molecule has 1 atom stereocenters. The number of aromatic carboxylic acids is 1. The molecule has 2 aromatic rings. The number of benzene rings is 2. The molecule has 0 aromatic heterocycles. The van der Waals surface area contributed by atoms with Crippen LogP contribution in [0.1, 0.15) is 17.3 Å². The van der Waals surface area contributed by atoms with E-state index in [1.165, 1.54) is 30.1 Å². The number of likely N-dealkylation sites (N-methyl/N-ethyl adjacent to an activating group) is 2. The first-order chi connectivity index (χ1) is 12.8. The van der Waals surface area contributed by atoms with Gasteiger partial charge >= 0.3 is 5.97 Å². The van der Waals surface area contributed by atoms with Gasteiger partial charge in [0, 0.05) is 19.3 Å². The number of nitrogens with zero attached hydrogens (tertiary/aromatic N) is 2. The zero-order chi connectivity index (χ0) is 20.1. The number of carboxylic acids is 1. The van der Waals surface area contributed by atoms with Crippen molar-refractivity contribution in [1.82, 2.24) is 0 Å². The standard InChI is InChI=1S/C19H19ClN2O5/c1-3-22(12-8-5-4-6-9-12)18(25)16(23)17(24)21(2)14-11-7-10-13(20)15(14)19(26)27/h4-11,16,23H,3H2,1-2H3,(H,26,27). The van der Waals surface area contributed by atoms with Gasteiger partial charge in [-0.25, -0.2) is 4.79 Å². The molecule has 2 amide bonds. The predicted molar refractivity (Wildman–Crippen MR) is 102 cm³/mol. The minimum Gasteiger partial charge on any atom is -0.478 e. The zero-order valence-corrected chi connectivity index (χ0v) is 15.6. The van der Waals surface area contributed by atoms with Crippen LogP contribution in [0.2, 0.25) is 5.02 Å². The second-order valence-electron chi connectivity index (χ2n) is 5.66. The molecule has 0 bridgehead atoms. The summed E-state index contributed by atoms with van der Waals surface area (Å²) in [6.45, 7) is 1.96. The van der Waals surface area contributed by atoms with Crippen molar-refractivity contribution in [3.8, 4) is 0 Å². The fraction of sp³-hybridized carbons (Fsp3) is 0.211. The van der Waals surface area contributed by atoms with Crippen molar-refractivity contribution in [2.75, 3.05) is 23.4 Å². The number of anilines is 2. The number of hydrogen-bond donors (Lipinski definition) is 2. The summed E-state index contributed by atoms with van der Waals surface area (Å²) in [7, 11) is 1.27. The van der Waals surface area contributed by atoms with Crippen molar-refractivity contribution >= 4 is 40.8 Å². The van der Waals surface area contributed by atoms with Gasteiger partial charge in [-0.1, -0.05) is 35.9 Å². The van der Waals surface area contributed by atoms with E-state index < -0.39 is 23.9 Å². The minimum atomic E-state index is -1.99. The highest BCUT2D eigenvalue weighted by Gasteiger charge is 2.33. The lowest BCUT2D eigenvalue weighted by Gasteiger charge is -2.26. The summed E-state index contributed by atoms with van der Waals surface area (Å²) in [4.78, 5) is 38.9. The van der Waals surface area contributed by atoms with Gasteiger partial charge < -0.3 is 20.0 Å². The van der Waals surface area contributed by atoms with Gasteiger partial charge in [0.25, 0.3) is 11.8 Å². The van der Waals surface area contributed by atoms with Crippen LogP contribution in [0, 0.1) is 0 Å². The number of aliphatic hydroxyl groups excluding tert-OH is 1. The van der Waals surface area contributed by atoms with Gasteiger partial charge in [-0.3, -0.25) is 9.59 Å². The molecule has 27 heavy (non-hydrogen) atoms. The van der Waals surface area contributed by atoms with Gasteiger partial charge in [0.05, 0.1) is 10.7 Å². The molecule has 0 aliphatic heterocycles. The first-order valence-electron chi connectivity index (χ1n) is 8.13. The summed E-state index contributed by atoms with van der Waals surface area (Å²) in [5.41, 5.74) is 0.230. The number of para-hydroxylation sites is 1. The van der Waals surface area contributed by atoms with Crippen LogP contribution < -0.4 is 9.80 Å². The van der Waals surface area contributed by atoms with E-state index in [1.54, 1.807) is 37.3 Å². The third kappa shape index (κ3) is 4.27. The van der Waals surface area contributed by atoms with E-state index in [1.807, 2.05) is 0 Å². The molecular formula is C19H19ClN2O5. The van der Waals surface area contributed by atoms with Crippen LogP contribution in [0.3, 0.4) is 0 Å². The van der Waals surface area contributed by atoms with Crippen LogP contribution >= 0.6 is 11.6 Å². The van der Waals surface area contributed by atoms with Crippen molar-refractivity contribution in [1.29, 1.82) is 0 Å². The van der Waals surface area contributed by atoms with E-state index >= 15 is 0 Å². The average Bonchev–Trinajstić information content (AvgIpc) is 2.67. The average molecular weight is 391 g/mol. The lowest BCUT2D eigenvalue weighted by molar-refractivity contribution is -0.137. The molecule has 8 heteroatoms. The van der Waals surface area contributed by atoms with Gasteiger partial charge in [0.15, 0.2) is 0 Å². The molecule has 2 aromatic carbocycles. The van der Waals surface area contributed by atoms with Crippen molar-refractivity contribution in [3.05, 3.63) is 59.1 Å². The number of carbonyl (C=O) groups excluding carboxylic acids is 2.